The maximum Gasteiger partial charge on any atom is 0.231 e. The van der Waals surface area contributed by atoms with Gasteiger partial charge in [0.05, 0.1) is 11.9 Å². The molecule has 0 unspecified atom stereocenters. The van der Waals surface area contributed by atoms with Crippen molar-refractivity contribution in [3.63, 3.8) is 0 Å². The Bertz CT molecular complexity index is 632. The molecule has 0 bridgehead atoms. The number of hydrogen-bond acceptors (Lipinski definition) is 5. The first-order valence-electron chi connectivity index (χ1n) is 5.84. The van der Waals surface area contributed by atoms with Gasteiger partial charge in [-0.3, -0.25) is 0 Å². The quantitative estimate of drug-likeness (QED) is 0.909. The lowest BCUT2D eigenvalue weighted by Crippen LogP contribution is -2.00. The fourth-order valence-electron chi connectivity index (χ4n) is 1.82. The van der Waals surface area contributed by atoms with E-state index < -0.39 is 0 Å². The highest BCUT2D eigenvalue weighted by Crippen LogP contribution is 2.32. The predicted octanol–water partition coefficient (Wildman–Crippen LogP) is 2.29. The lowest BCUT2D eigenvalue weighted by atomic mass is 10.2. The summed E-state index contributed by atoms with van der Waals surface area (Å²) in [5.41, 5.74) is 2.37. The van der Waals surface area contributed by atoms with E-state index >= 15 is 0 Å². The van der Waals surface area contributed by atoms with Gasteiger partial charge in [0.15, 0.2) is 11.5 Å². The van der Waals surface area contributed by atoms with E-state index in [2.05, 4.69) is 10.3 Å². The normalized spacial score (nSPS) is 11.9. The second-order valence-electron chi connectivity index (χ2n) is 4.09. The zero-order valence-corrected chi connectivity index (χ0v) is 10.1. The van der Waals surface area contributed by atoms with E-state index in [9.17, 15) is 0 Å². The molecule has 0 amide bonds. The Morgan fingerprint density at radius 1 is 1.21 bits per heavy atom. The molecule has 2 heterocycles. The highest BCUT2D eigenvalue weighted by Gasteiger charge is 2.12. The molecule has 5 heteroatoms. The van der Waals surface area contributed by atoms with Crippen molar-refractivity contribution in [2.75, 3.05) is 12.1 Å². The van der Waals surface area contributed by atoms with Gasteiger partial charge in [-0.25, -0.2) is 4.98 Å². The third kappa shape index (κ3) is 2.43. The summed E-state index contributed by atoms with van der Waals surface area (Å²) in [6.07, 6.45) is 1.64. The molecule has 1 aliphatic heterocycles. The minimum atomic E-state index is 0.283. The van der Waals surface area contributed by atoms with Crippen molar-refractivity contribution in [2.45, 2.75) is 6.54 Å². The van der Waals surface area contributed by atoms with E-state index in [-0.39, 0.29) is 6.79 Å². The zero-order chi connectivity index (χ0) is 13.1. The van der Waals surface area contributed by atoms with Crippen LogP contribution in [0, 0.1) is 11.3 Å². The zero-order valence-electron chi connectivity index (χ0n) is 10.1. The number of ether oxygens (including phenoxy) is 2. The topological polar surface area (TPSA) is 67.2 Å². The van der Waals surface area contributed by atoms with Crippen molar-refractivity contribution in [1.82, 2.24) is 4.98 Å². The average molecular weight is 253 g/mol. The number of fused-ring (bicyclic) bond motifs is 1. The minimum absolute atomic E-state index is 0.283. The van der Waals surface area contributed by atoms with Crippen LogP contribution in [0.1, 0.15) is 11.3 Å². The maximum atomic E-state index is 8.67. The van der Waals surface area contributed by atoms with Gasteiger partial charge in [-0.15, -0.1) is 0 Å². The van der Waals surface area contributed by atoms with Crippen LogP contribution in [0.2, 0.25) is 0 Å². The number of nitrogens with zero attached hydrogens (tertiary/aromatic N) is 2. The van der Waals surface area contributed by atoms with Crippen molar-refractivity contribution >= 4 is 5.69 Å². The summed E-state index contributed by atoms with van der Waals surface area (Å²) in [7, 11) is 0. The molecule has 0 saturated carbocycles. The van der Waals surface area contributed by atoms with Crippen molar-refractivity contribution in [1.29, 1.82) is 5.26 Å². The standard InChI is InChI=1S/C14H11N3O2/c15-6-11-2-3-12(8-17-11)16-7-10-1-4-13-14(5-10)19-9-18-13/h1-5,8,16H,7,9H2. The number of nitriles is 1. The fourth-order valence-corrected chi connectivity index (χ4v) is 1.82. The molecule has 94 valence electrons. The summed E-state index contributed by atoms with van der Waals surface area (Å²) in [4.78, 5) is 4.00. The Hall–Kier alpha value is -2.74. The summed E-state index contributed by atoms with van der Waals surface area (Å²) in [6.45, 7) is 0.940. The van der Waals surface area contributed by atoms with Crippen LogP contribution in [-0.4, -0.2) is 11.8 Å². The van der Waals surface area contributed by atoms with Crippen LogP contribution in [0.4, 0.5) is 5.69 Å². The molecule has 0 saturated heterocycles. The number of aromatic nitrogens is 1. The van der Waals surface area contributed by atoms with Gasteiger partial charge in [0.2, 0.25) is 6.79 Å². The first-order chi connectivity index (χ1) is 9.35. The average Bonchev–Trinajstić information content (AvgIpc) is 2.93. The molecule has 0 atom stereocenters. The summed E-state index contributed by atoms with van der Waals surface area (Å²) >= 11 is 0. The highest BCUT2D eigenvalue weighted by atomic mass is 16.7. The molecule has 1 N–H and O–H groups in total. The van der Waals surface area contributed by atoms with Gasteiger partial charge in [0, 0.05) is 6.54 Å². The number of hydrogen-bond donors (Lipinski definition) is 1. The van der Waals surface area contributed by atoms with Gasteiger partial charge < -0.3 is 14.8 Å². The molecular weight excluding hydrogens is 242 g/mol. The van der Waals surface area contributed by atoms with Crippen LogP contribution >= 0.6 is 0 Å². The van der Waals surface area contributed by atoms with Crippen molar-refractivity contribution in [3.8, 4) is 17.6 Å². The molecule has 0 spiro atoms. The molecular formula is C14H11N3O2. The number of benzene rings is 1. The molecule has 19 heavy (non-hydrogen) atoms. The second-order valence-corrected chi connectivity index (χ2v) is 4.09. The van der Waals surface area contributed by atoms with E-state index in [0.29, 0.717) is 12.2 Å². The van der Waals surface area contributed by atoms with Crippen LogP contribution < -0.4 is 14.8 Å². The molecule has 1 aromatic heterocycles. The van der Waals surface area contributed by atoms with Crippen molar-refractivity contribution in [2.24, 2.45) is 0 Å². The molecule has 0 fully saturated rings. The predicted molar refractivity (Wildman–Crippen MR) is 68.8 cm³/mol. The summed E-state index contributed by atoms with van der Waals surface area (Å²) < 4.78 is 10.6. The minimum Gasteiger partial charge on any atom is -0.454 e. The number of nitrogens with one attached hydrogen (secondary N) is 1. The largest absolute Gasteiger partial charge is 0.454 e. The SMILES string of the molecule is N#Cc1ccc(NCc2ccc3c(c2)OCO3)cn1. The van der Waals surface area contributed by atoms with E-state index in [1.54, 1.807) is 12.3 Å². The molecule has 1 aliphatic rings. The Labute approximate surface area is 110 Å². The van der Waals surface area contributed by atoms with Gasteiger partial charge in [0.25, 0.3) is 0 Å². The third-order valence-electron chi connectivity index (χ3n) is 2.81. The lowest BCUT2D eigenvalue weighted by molar-refractivity contribution is 0.174. The van der Waals surface area contributed by atoms with Gasteiger partial charge in [-0.1, -0.05) is 6.07 Å². The van der Waals surface area contributed by atoms with E-state index in [1.807, 2.05) is 30.3 Å². The van der Waals surface area contributed by atoms with Gasteiger partial charge in [-0.2, -0.15) is 5.26 Å². The lowest BCUT2D eigenvalue weighted by Gasteiger charge is -2.06. The van der Waals surface area contributed by atoms with Gasteiger partial charge in [0.1, 0.15) is 11.8 Å². The third-order valence-corrected chi connectivity index (χ3v) is 2.81. The highest BCUT2D eigenvalue weighted by molar-refractivity contribution is 5.47. The van der Waals surface area contributed by atoms with Crippen LogP contribution in [-0.2, 0) is 6.54 Å². The smallest absolute Gasteiger partial charge is 0.231 e. The number of anilines is 1. The van der Waals surface area contributed by atoms with Crippen LogP contribution in [0.15, 0.2) is 36.5 Å². The van der Waals surface area contributed by atoms with Crippen LogP contribution in [0.3, 0.4) is 0 Å². The van der Waals surface area contributed by atoms with Crippen molar-refractivity contribution < 1.29 is 9.47 Å². The van der Waals surface area contributed by atoms with Gasteiger partial charge >= 0.3 is 0 Å². The summed E-state index contributed by atoms with van der Waals surface area (Å²) in [5, 5.41) is 11.9. The van der Waals surface area contributed by atoms with E-state index in [4.69, 9.17) is 14.7 Å². The van der Waals surface area contributed by atoms with E-state index in [0.717, 1.165) is 22.7 Å². The fraction of sp³-hybridized carbons (Fsp3) is 0.143. The molecule has 3 rings (SSSR count). The van der Waals surface area contributed by atoms with E-state index in [1.165, 1.54) is 0 Å². The first kappa shape index (κ1) is 11.4. The first-order valence-corrected chi connectivity index (χ1v) is 5.84. The van der Waals surface area contributed by atoms with Crippen LogP contribution in [0.25, 0.3) is 0 Å². The second kappa shape index (κ2) is 4.86. The number of pyridine rings is 1. The molecule has 2 aromatic rings. The van der Waals surface area contributed by atoms with Crippen LogP contribution in [0.5, 0.6) is 11.5 Å². The summed E-state index contributed by atoms with van der Waals surface area (Å²) in [5.74, 6) is 1.56. The number of rotatable bonds is 3. The Balaban J connectivity index is 1.67. The summed E-state index contributed by atoms with van der Waals surface area (Å²) in [6, 6.07) is 11.3. The van der Waals surface area contributed by atoms with Gasteiger partial charge in [-0.05, 0) is 29.8 Å². The monoisotopic (exact) mass is 253 g/mol. The maximum absolute atomic E-state index is 8.67. The Kier molecular flexibility index (Phi) is 2.91. The molecule has 1 aromatic carbocycles. The molecule has 5 nitrogen and oxygen atoms in total. The molecule has 0 radical (unpaired) electrons. The van der Waals surface area contributed by atoms with Crippen molar-refractivity contribution in [3.05, 3.63) is 47.8 Å². The molecule has 0 aliphatic carbocycles. The Morgan fingerprint density at radius 2 is 2.11 bits per heavy atom. The Morgan fingerprint density at radius 3 is 2.89 bits per heavy atom.